The van der Waals surface area contributed by atoms with Crippen molar-refractivity contribution in [2.75, 3.05) is 12.9 Å². The van der Waals surface area contributed by atoms with E-state index in [1.807, 2.05) is 41.8 Å². The molecule has 0 radical (unpaired) electrons. The number of Topliss-reactive ketones (excluding diaryl/α,β-unsaturated/α-hetero) is 1. The maximum absolute atomic E-state index is 13.5. The molecule has 0 unspecified atom stereocenters. The first-order valence-electron chi connectivity index (χ1n) is 8.12. The fourth-order valence-electron chi connectivity index (χ4n) is 2.59. The summed E-state index contributed by atoms with van der Waals surface area (Å²) >= 11 is 1.28. The zero-order valence-electron chi connectivity index (χ0n) is 14.5. The van der Waals surface area contributed by atoms with Crippen molar-refractivity contribution in [1.29, 1.82) is 0 Å². The Bertz CT molecular complexity index is 912. The van der Waals surface area contributed by atoms with Gasteiger partial charge in [-0.05, 0) is 25.1 Å². The van der Waals surface area contributed by atoms with Gasteiger partial charge in [0.05, 0.1) is 18.4 Å². The molecule has 0 N–H and O–H groups in total. The Morgan fingerprint density at radius 1 is 1.19 bits per heavy atom. The van der Waals surface area contributed by atoms with E-state index in [1.165, 1.54) is 37.1 Å². The summed E-state index contributed by atoms with van der Waals surface area (Å²) in [5.74, 6) is 0.540. The highest BCUT2D eigenvalue weighted by Gasteiger charge is 2.17. The van der Waals surface area contributed by atoms with Crippen LogP contribution >= 0.6 is 11.8 Å². The van der Waals surface area contributed by atoms with E-state index < -0.39 is 5.82 Å². The molecule has 1 aromatic heterocycles. The van der Waals surface area contributed by atoms with Gasteiger partial charge in [0.2, 0.25) is 0 Å². The van der Waals surface area contributed by atoms with Crippen molar-refractivity contribution in [2.24, 2.45) is 0 Å². The molecule has 0 fully saturated rings. The summed E-state index contributed by atoms with van der Waals surface area (Å²) < 4.78 is 20.6. The SMILES string of the molecule is CCn1c(SCC(=O)c2cc(F)ccc2OC)nnc1-c1ccccc1. The fourth-order valence-corrected chi connectivity index (χ4v) is 3.47. The summed E-state index contributed by atoms with van der Waals surface area (Å²) in [5, 5.41) is 9.11. The third kappa shape index (κ3) is 3.77. The number of thioether (sulfide) groups is 1. The summed E-state index contributed by atoms with van der Waals surface area (Å²) in [6, 6.07) is 13.7. The number of carbonyl (C=O) groups is 1. The second kappa shape index (κ2) is 8.14. The van der Waals surface area contributed by atoms with Crippen molar-refractivity contribution in [3.8, 4) is 17.1 Å². The molecular weight excluding hydrogens is 353 g/mol. The number of aromatic nitrogens is 3. The van der Waals surface area contributed by atoms with Crippen LogP contribution in [0.1, 0.15) is 17.3 Å². The first kappa shape index (κ1) is 18.1. The third-order valence-corrected chi connectivity index (χ3v) is 4.83. The molecule has 0 amide bonds. The number of hydrogen-bond acceptors (Lipinski definition) is 5. The molecule has 3 rings (SSSR count). The van der Waals surface area contributed by atoms with Crippen molar-refractivity contribution in [2.45, 2.75) is 18.6 Å². The molecule has 3 aromatic rings. The van der Waals surface area contributed by atoms with Crippen molar-refractivity contribution in [1.82, 2.24) is 14.8 Å². The maximum Gasteiger partial charge on any atom is 0.191 e. The van der Waals surface area contributed by atoms with Gasteiger partial charge in [0.1, 0.15) is 11.6 Å². The van der Waals surface area contributed by atoms with E-state index in [1.54, 1.807) is 0 Å². The number of benzene rings is 2. The van der Waals surface area contributed by atoms with Crippen LogP contribution in [0.3, 0.4) is 0 Å². The van der Waals surface area contributed by atoms with Crippen LogP contribution in [0, 0.1) is 5.82 Å². The van der Waals surface area contributed by atoms with Crippen molar-refractivity contribution < 1.29 is 13.9 Å². The molecule has 0 aliphatic rings. The molecule has 2 aromatic carbocycles. The standard InChI is InChI=1S/C19H18FN3O2S/c1-3-23-18(13-7-5-4-6-8-13)21-22-19(23)26-12-16(24)15-11-14(20)9-10-17(15)25-2/h4-11H,3,12H2,1-2H3. The van der Waals surface area contributed by atoms with Gasteiger partial charge < -0.3 is 9.30 Å². The predicted molar refractivity (Wildman–Crippen MR) is 99.1 cm³/mol. The van der Waals surface area contributed by atoms with Crippen LogP contribution in [0.15, 0.2) is 53.7 Å². The minimum atomic E-state index is -0.470. The highest BCUT2D eigenvalue weighted by Crippen LogP contribution is 2.26. The van der Waals surface area contributed by atoms with Gasteiger partial charge in [-0.3, -0.25) is 4.79 Å². The van der Waals surface area contributed by atoms with Crippen LogP contribution in [0.2, 0.25) is 0 Å². The summed E-state index contributed by atoms with van der Waals surface area (Å²) in [6.07, 6.45) is 0. The number of methoxy groups -OCH3 is 1. The summed E-state index contributed by atoms with van der Waals surface area (Å²) in [6.45, 7) is 2.67. The monoisotopic (exact) mass is 371 g/mol. The first-order valence-corrected chi connectivity index (χ1v) is 9.10. The smallest absolute Gasteiger partial charge is 0.191 e. The normalized spacial score (nSPS) is 10.7. The molecule has 5 nitrogen and oxygen atoms in total. The van der Waals surface area contributed by atoms with Crippen LogP contribution < -0.4 is 4.74 Å². The van der Waals surface area contributed by atoms with Gasteiger partial charge in [-0.2, -0.15) is 0 Å². The van der Waals surface area contributed by atoms with E-state index in [4.69, 9.17) is 4.74 Å². The van der Waals surface area contributed by atoms with Crippen LogP contribution in [0.5, 0.6) is 5.75 Å². The van der Waals surface area contributed by atoms with Gasteiger partial charge >= 0.3 is 0 Å². The van der Waals surface area contributed by atoms with Gasteiger partial charge in [-0.15, -0.1) is 10.2 Å². The van der Waals surface area contributed by atoms with Crippen LogP contribution in [-0.2, 0) is 6.54 Å². The summed E-state index contributed by atoms with van der Waals surface area (Å²) in [7, 11) is 1.46. The Morgan fingerprint density at radius 3 is 2.65 bits per heavy atom. The molecule has 0 spiro atoms. The largest absolute Gasteiger partial charge is 0.496 e. The van der Waals surface area contributed by atoms with Crippen LogP contribution in [0.4, 0.5) is 4.39 Å². The lowest BCUT2D eigenvalue weighted by Gasteiger charge is -2.09. The lowest BCUT2D eigenvalue weighted by atomic mass is 10.1. The molecule has 134 valence electrons. The Kier molecular flexibility index (Phi) is 5.68. The van der Waals surface area contributed by atoms with E-state index in [0.717, 1.165) is 11.4 Å². The first-order chi connectivity index (χ1) is 12.6. The molecular formula is C19H18FN3O2S. The molecule has 7 heteroatoms. The highest BCUT2D eigenvalue weighted by molar-refractivity contribution is 7.99. The lowest BCUT2D eigenvalue weighted by molar-refractivity contribution is 0.101. The Labute approximate surface area is 155 Å². The lowest BCUT2D eigenvalue weighted by Crippen LogP contribution is -2.07. The molecule has 0 saturated heterocycles. The topological polar surface area (TPSA) is 57.0 Å². The van der Waals surface area contributed by atoms with Crippen LogP contribution in [0.25, 0.3) is 11.4 Å². The number of rotatable bonds is 7. The number of carbonyl (C=O) groups excluding carboxylic acids is 1. The van der Waals surface area contributed by atoms with Crippen molar-refractivity contribution in [3.05, 3.63) is 59.9 Å². The average Bonchev–Trinajstić information content (AvgIpc) is 3.09. The second-order valence-corrected chi connectivity index (χ2v) is 6.42. The van der Waals surface area contributed by atoms with E-state index in [2.05, 4.69) is 10.2 Å². The quantitative estimate of drug-likeness (QED) is 0.462. The van der Waals surface area contributed by atoms with Gasteiger partial charge in [-0.1, -0.05) is 42.1 Å². The number of nitrogens with zero attached hydrogens (tertiary/aromatic N) is 3. The number of halogens is 1. The molecule has 0 atom stereocenters. The average molecular weight is 371 g/mol. The fraction of sp³-hybridized carbons (Fsp3) is 0.211. The van der Waals surface area contributed by atoms with Gasteiger partial charge in [-0.25, -0.2) is 4.39 Å². The minimum Gasteiger partial charge on any atom is -0.496 e. The Morgan fingerprint density at radius 2 is 1.96 bits per heavy atom. The van der Waals surface area contributed by atoms with Crippen molar-refractivity contribution in [3.63, 3.8) is 0 Å². The molecule has 0 bridgehead atoms. The Balaban J connectivity index is 1.79. The summed E-state index contributed by atoms with van der Waals surface area (Å²) in [5.41, 5.74) is 1.19. The molecule has 0 aliphatic carbocycles. The number of ketones is 1. The summed E-state index contributed by atoms with van der Waals surface area (Å²) in [4.78, 5) is 12.5. The molecule has 1 heterocycles. The van der Waals surface area contributed by atoms with E-state index in [0.29, 0.717) is 17.5 Å². The van der Waals surface area contributed by atoms with Gasteiger partial charge in [0.25, 0.3) is 0 Å². The van der Waals surface area contributed by atoms with E-state index in [-0.39, 0.29) is 17.1 Å². The van der Waals surface area contributed by atoms with E-state index >= 15 is 0 Å². The predicted octanol–water partition coefficient (Wildman–Crippen LogP) is 4.09. The zero-order valence-corrected chi connectivity index (χ0v) is 15.3. The highest BCUT2D eigenvalue weighted by atomic mass is 32.2. The Hall–Kier alpha value is -2.67. The van der Waals surface area contributed by atoms with E-state index in [9.17, 15) is 9.18 Å². The second-order valence-electron chi connectivity index (χ2n) is 5.47. The number of ether oxygens (including phenoxy) is 1. The molecule has 0 saturated carbocycles. The van der Waals surface area contributed by atoms with Gasteiger partial charge in [0, 0.05) is 12.1 Å². The molecule has 0 aliphatic heterocycles. The zero-order chi connectivity index (χ0) is 18.5. The third-order valence-electron chi connectivity index (χ3n) is 3.86. The number of hydrogen-bond donors (Lipinski definition) is 0. The molecule has 26 heavy (non-hydrogen) atoms. The van der Waals surface area contributed by atoms with Crippen molar-refractivity contribution >= 4 is 17.5 Å². The van der Waals surface area contributed by atoms with Crippen LogP contribution in [-0.4, -0.2) is 33.4 Å². The maximum atomic E-state index is 13.5. The van der Waals surface area contributed by atoms with Gasteiger partial charge in [0.15, 0.2) is 16.8 Å². The minimum absolute atomic E-state index is 0.118.